The van der Waals surface area contributed by atoms with E-state index in [0.717, 1.165) is 0 Å². The summed E-state index contributed by atoms with van der Waals surface area (Å²) >= 11 is 0. The van der Waals surface area contributed by atoms with E-state index in [2.05, 4.69) is 34.7 Å². The van der Waals surface area contributed by atoms with E-state index in [0.29, 0.717) is 6.04 Å². The summed E-state index contributed by atoms with van der Waals surface area (Å²) in [6.07, 6.45) is 0. The third kappa shape index (κ3) is 7.85. The standard InChI is InChI=1S/C7H14N.W.Y/c1-6(2)8(5)7(3)4;;/h6-7H,1-2,5H2,3-4H3;;/q-3;;. The number of hydrogen-bond acceptors (Lipinski definition) is 1. The topological polar surface area (TPSA) is 3.24 Å². The van der Waals surface area contributed by atoms with Crippen LogP contribution in [0, 0.1) is 20.9 Å². The Bertz CT molecular complexity index is 58.6. The zero-order valence-electron chi connectivity index (χ0n) is 6.71. The van der Waals surface area contributed by atoms with Gasteiger partial charge in [0.1, 0.15) is 0 Å². The fourth-order valence-electron chi connectivity index (χ4n) is 0.422. The normalized spacial score (nSPS) is 9.60. The van der Waals surface area contributed by atoms with Crippen molar-refractivity contribution in [2.75, 3.05) is 0 Å². The van der Waals surface area contributed by atoms with Crippen LogP contribution in [0.1, 0.15) is 13.8 Å². The van der Waals surface area contributed by atoms with Crippen molar-refractivity contribution in [2.24, 2.45) is 0 Å². The summed E-state index contributed by atoms with van der Waals surface area (Å²) in [5, 5.41) is 0. The summed E-state index contributed by atoms with van der Waals surface area (Å²) in [7, 11) is 3.75. The van der Waals surface area contributed by atoms with Crippen molar-refractivity contribution in [3.05, 3.63) is 20.9 Å². The molecule has 0 heterocycles. The van der Waals surface area contributed by atoms with Crippen molar-refractivity contribution in [1.29, 1.82) is 0 Å². The molecular weight excluding hydrogens is 371 g/mol. The van der Waals surface area contributed by atoms with E-state index < -0.39 is 0 Å². The van der Waals surface area contributed by atoms with E-state index in [1.54, 1.807) is 0 Å². The quantitative estimate of drug-likeness (QED) is 0.652. The van der Waals surface area contributed by atoms with Crippen molar-refractivity contribution < 1.29 is 53.8 Å². The fraction of sp³-hybridized carbons (Fsp3) is 0.571. The smallest absolute Gasteiger partial charge is 0 e. The molecule has 0 saturated heterocycles. The van der Waals surface area contributed by atoms with Crippen LogP contribution < -0.4 is 0 Å². The van der Waals surface area contributed by atoms with Gasteiger partial charge in [0, 0.05) is 53.8 Å². The monoisotopic (exact) mass is 385 g/mol. The third-order valence-electron chi connectivity index (χ3n) is 1.13. The molecule has 59 valence electrons. The summed E-state index contributed by atoms with van der Waals surface area (Å²) in [5.74, 6) is 0. The average molecular weight is 385 g/mol. The average Bonchev–Trinajstić information content (AvgIpc) is 1.64. The van der Waals surface area contributed by atoms with Crippen LogP contribution in [-0.2, 0) is 53.8 Å². The van der Waals surface area contributed by atoms with Gasteiger partial charge in [-0.05, 0) is 6.04 Å². The first-order valence-corrected chi connectivity index (χ1v) is 2.80. The van der Waals surface area contributed by atoms with Crippen LogP contribution in [-0.4, -0.2) is 17.0 Å². The molecule has 0 rings (SSSR count). The maximum atomic E-state index is 3.75. The Labute approximate surface area is 104 Å². The van der Waals surface area contributed by atoms with Crippen LogP contribution in [0.5, 0.6) is 0 Å². The summed E-state index contributed by atoms with van der Waals surface area (Å²) < 4.78 is 0. The van der Waals surface area contributed by atoms with Crippen molar-refractivity contribution in [2.45, 2.75) is 25.9 Å². The summed E-state index contributed by atoms with van der Waals surface area (Å²) in [5.41, 5.74) is 0. The van der Waals surface area contributed by atoms with E-state index >= 15 is 0 Å². The predicted octanol–water partition coefficient (Wildman–Crippen LogP) is 1.52. The minimum Gasteiger partial charge on any atom is -0.508 e. The van der Waals surface area contributed by atoms with E-state index in [4.69, 9.17) is 0 Å². The first kappa shape index (κ1) is 17.7. The van der Waals surface area contributed by atoms with Gasteiger partial charge in [-0.25, -0.2) is 0 Å². The van der Waals surface area contributed by atoms with Crippen LogP contribution in [0.15, 0.2) is 0 Å². The molecule has 0 fully saturated rings. The Hall–Kier alpha value is 1.75. The molecule has 0 atom stereocenters. The largest absolute Gasteiger partial charge is 0.508 e. The fourth-order valence-corrected chi connectivity index (χ4v) is 0.422. The Morgan fingerprint density at radius 3 is 1.50 bits per heavy atom. The Morgan fingerprint density at radius 1 is 1.20 bits per heavy atom. The van der Waals surface area contributed by atoms with E-state index in [1.807, 2.05) is 4.90 Å². The van der Waals surface area contributed by atoms with Gasteiger partial charge < -0.3 is 18.7 Å². The number of hydrogen-bond donors (Lipinski definition) is 0. The van der Waals surface area contributed by atoms with Gasteiger partial charge in [-0.1, -0.05) is 13.8 Å². The first-order valence-electron chi connectivity index (χ1n) is 2.80. The van der Waals surface area contributed by atoms with Gasteiger partial charge in [-0.15, -0.1) is 0 Å². The number of nitrogens with zero attached hydrogens (tertiary/aromatic N) is 1. The minimum atomic E-state index is 0. The molecule has 0 aliphatic heterocycles. The van der Waals surface area contributed by atoms with Gasteiger partial charge in [-0.3, -0.25) is 13.1 Å². The third-order valence-corrected chi connectivity index (χ3v) is 1.13. The molecule has 0 amide bonds. The molecular formula is C7H14NWY-3. The molecule has 0 spiro atoms. The molecule has 10 heavy (non-hydrogen) atoms. The Kier molecular flexibility index (Phi) is 15.7. The zero-order chi connectivity index (χ0) is 6.73. The van der Waals surface area contributed by atoms with Crippen molar-refractivity contribution in [3.8, 4) is 0 Å². The molecule has 1 radical (unpaired) electrons. The molecule has 0 aromatic rings. The van der Waals surface area contributed by atoms with Gasteiger partial charge in [0.05, 0.1) is 0 Å². The van der Waals surface area contributed by atoms with Gasteiger partial charge in [0.2, 0.25) is 0 Å². The van der Waals surface area contributed by atoms with Crippen LogP contribution in [0.25, 0.3) is 0 Å². The molecule has 0 aromatic carbocycles. The van der Waals surface area contributed by atoms with Crippen molar-refractivity contribution in [3.63, 3.8) is 0 Å². The van der Waals surface area contributed by atoms with Gasteiger partial charge in [0.15, 0.2) is 0 Å². The molecule has 1 nitrogen and oxygen atoms in total. The van der Waals surface area contributed by atoms with E-state index in [-0.39, 0.29) is 59.8 Å². The molecule has 0 saturated carbocycles. The molecule has 0 aliphatic carbocycles. The minimum absolute atomic E-state index is 0. The number of rotatable bonds is 2. The molecule has 0 aliphatic rings. The predicted molar refractivity (Wildman–Crippen MR) is 36.8 cm³/mol. The maximum Gasteiger partial charge on any atom is 0 e. The molecule has 0 aromatic heterocycles. The Balaban J connectivity index is -0.000000245. The van der Waals surface area contributed by atoms with Crippen LogP contribution >= 0.6 is 0 Å². The summed E-state index contributed by atoms with van der Waals surface area (Å²) in [6, 6.07) is 0.505. The second-order valence-electron chi connectivity index (χ2n) is 2.26. The first-order chi connectivity index (χ1) is 3.55. The molecule has 0 unspecified atom stereocenters. The van der Waals surface area contributed by atoms with Crippen LogP contribution in [0.2, 0.25) is 0 Å². The van der Waals surface area contributed by atoms with Crippen LogP contribution in [0.3, 0.4) is 0 Å². The summed E-state index contributed by atoms with van der Waals surface area (Å²) in [4.78, 5) is 1.86. The molecule has 0 bridgehead atoms. The van der Waals surface area contributed by atoms with Gasteiger partial charge >= 0.3 is 0 Å². The second kappa shape index (κ2) is 8.85. The van der Waals surface area contributed by atoms with E-state index in [9.17, 15) is 0 Å². The molecule has 0 N–H and O–H groups in total. The van der Waals surface area contributed by atoms with Crippen molar-refractivity contribution in [1.82, 2.24) is 4.90 Å². The maximum absolute atomic E-state index is 3.75. The summed E-state index contributed by atoms with van der Waals surface area (Å²) in [6.45, 7) is 11.6. The molecule has 3 heteroatoms. The van der Waals surface area contributed by atoms with Crippen molar-refractivity contribution >= 4 is 0 Å². The van der Waals surface area contributed by atoms with E-state index in [1.165, 1.54) is 0 Å². The van der Waals surface area contributed by atoms with Gasteiger partial charge in [-0.2, -0.15) is 0 Å². The zero-order valence-corrected chi connectivity index (χ0v) is 12.5. The second-order valence-corrected chi connectivity index (χ2v) is 2.26. The van der Waals surface area contributed by atoms with Gasteiger partial charge in [0.25, 0.3) is 0 Å². The Morgan fingerprint density at radius 2 is 1.50 bits per heavy atom. The SMILES string of the molecule is [CH2-]C([CH2-])N([CH2-])C(C)C.[W].[Y]. The van der Waals surface area contributed by atoms with Crippen LogP contribution in [0.4, 0.5) is 0 Å².